The van der Waals surface area contributed by atoms with Crippen LogP contribution < -0.4 is 11.5 Å². The lowest BCUT2D eigenvalue weighted by molar-refractivity contribution is -0.118. The molecule has 0 aliphatic heterocycles. The minimum atomic E-state index is -0.376. The highest BCUT2D eigenvalue weighted by molar-refractivity contribution is 7.08. The first-order chi connectivity index (χ1) is 8.16. The van der Waals surface area contributed by atoms with Crippen molar-refractivity contribution in [1.82, 2.24) is 0 Å². The van der Waals surface area contributed by atoms with E-state index in [0.29, 0.717) is 0 Å². The Morgan fingerprint density at radius 1 is 1.18 bits per heavy atom. The zero-order chi connectivity index (χ0) is 12.3. The maximum absolute atomic E-state index is 10.8. The largest absolute Gasteiger partial charge is 0.370 e. The number of amides is 1. The van der Waals surface area contributed by atoms with Gasteiger partial charge >= 0.3 is 0 Å². The molecule has 0 aliphatic rings. The van der Waals surface area contributed by atoms with Crippen LogP contribution in [0.25, 0.3) is 11.1 Å². The first-order valence-electron chi connectivity index (χ1n) is 5.33. The molecule has 0 spiro atoms. The van der Waals surface area contributed by atoms with Crippen molar-refractivity contribution < 1.29 is 4.79 Å². The number of carbonyl (C=O) groups is 1. The summed E-state index contributed by atoms with van der Waals surface area (Å²) in [7, 11) is 0. The lowest BCUT2D eigenvalue weighted by atomic mass is 10.0. The lowest BCUT2D eigenvalue weighted by Crippen LogP contribution is -2.20. The van der Waals surface area contributed by atoms with Gasteiger partial charge in [0.1, 0.15) is 0 Å². The first-order valence-corrected chi connectivity index (χ1v) is 6.27. The van der Waals surface area contributed by atoms with Crippen LogP contribution in [0.1, 0.15) is 18.0 Å². The average Bonchev–Trinajstić information content (AvgIpc) is 2.82. The molecule has 0 saturated carbocycles. The smallest absolute Gasteiger partial charge is 0.219 e. The van der Waals surface area contributed by atoms with Crippen molar-refractivity contribution in [2.75, 3.05) is 0 Å². The third-order valence-electron chi connectivity index (χ3n) is 2.61. The van der Waals surface area contributed by atoms with E-state index in [1.165, 1.54) is 5.56 Å². The van der Waals surface area contributed by atoms with Gasteiger partial charge in [-0.05, 0) is 33.5 Å². The van der Waals surface area contributed by atoms with Crippen molar-refractivity contribution in [2.45, 2.75) is 12.5 Å². The van der Waals surface area contributed by atoms with Gasteiger partial charge in [0.05, 0.1) is 0 Å². The maximum atomic E-state index is 10.8. The fourth-order valence-corrected chi connectivity index (χ4v) is 2.35. The van der Waals surface area contributed by atoms with Gasteiger partial charge in [0, 0.05) is 12.5 Å². The van der Waals surface area contributed by atoms with Crippen molar-refractivity contribution in [2.24, 2.45) is 11.5 Å². The fourth-order valence-electron chi connectivity index (χ4n) is 1.69. The van der Waals surface area contributed by atoms with E-state index in [1.54, 1.807) is 11.3 Å². The van der Waals surface area contributed by atoms with Gasteiger partial charge in [-0.25, -0.2) is 0 Å². The van der Waals surface area contributed by atoms with Crippen molar-refractivity contribution in [1.29, 1.82) is 0 Å². The van der Waals surface area contributed by atoms with Crippen molar-refractivity contribution in [3.63, 3.8) is 0 Å². The number of rotatable bonds is 4. The summed E-state index contributed by atoms with van der Waals surface area (Å²) in [6, 6.07) is 9.67. The Hall–Kier alpha value is -1.65. The summed E-state index contributed by atoms with van der Waals surface area (Å²) >= 11 is 1.67. The topological polar surface area (TPSA) is 69.1 Å². The van der Waals surface area contributed by atoms with Crippen LogP contribution in [-0.2, 0) is 4.79 Å². The van der Waals surface area contributed by atoms with E-state index in [4.69, 9.17) is 11.5 Å². The predicted molar refractivity (Wildman–Crippen MR) is 70.5 cm³/mol. The predicted octanol–water partition coefficient (Wildman–Crippen LogP) is 2.29. The van der Waals surface area contributed by atoms with Gasteiger partial charge in [-0.3, -0.25) is 4.79 Å². The Labute approximate surface area is 104 Å². The Kier molecular flexibility index (Phi) is 3.56. The van der Waals surface area contributed by atoms with Gasteiger partial charge in [-0.15, -0.1) is 0 Å². The monoisotopic (exact) mass is 246 g/mol. The summed E-state index contributed by atoms with van der Waals surface area (Å²) < 4.78 is 0. The number of thiophene rings is 1. The van der Waals surface area contributed by atoms with Crippen molar-refractivity contribution in [3.8, 4) is 11.1 Å². The number of hydrogen-bond acceptors (Lipinski definition) is 3. The molecule has 3 nitrogen and oxygen atoms in total. The van der Waals surface area contributed by atoms with E-state index in [2.05, 4.69) is 11.4 Å². The highest BCUT2D eigenvalue weighted by Gasteiger charge is 2.09. The quantitative estimate of drug-likeness (QED) is 0.869. The zero-order valence-corrected chi connectivity index (χ0v) is 10.1. The zero-order valence-electron chi connectivity index (χ0n) is 9.30. The molecule has 2 rings (SSSR count). The van der Waals surface area contributed by atoms with E-state index < -0.39 is 0 Å². The van der Waals surface area contributed by atoms with Crippen LogP contribution in [0, 0.1) is 0 Å². The van der Waals surface area contributed by atoms with E-state index >= 15 is 0 Å². The van der Waals surface area contributed by atoms with Gasteiger partial charge in [-0.2, -0.15) is 11.3 Å². The Balaban J connectivity index is 2.15. The molecule has 1 unspecified atom stereocenters. The molecule has 0 fully saturated rings. The lowest BCUT2D eigenvalue weighted by Gasteiger charge is -2.10. The number of nitrogens with two attached hydrogens (primary N) is 2. The van der Waals surface area contributed by atoms with Gasteiger partial charge in [0.15, 0.2) is 0 Å². The van der Waals surface area contributed by atoms with Crippen molar-refractivity contribution in [3.05, 3.63) is 46.7 Å². The molecule has 4 N–H and O–H groups in total. The van der Waals surface area contributed by atoms with E-state index in [0.717, 1.165) is 11.1 Å². The van der Waals surface area contributed by atoms with Gasteiger partial charge in [-0.1, -0.05) is 24.3 Å². The minimum absolute atomic E-state index is 0.178. The van der Waals surface area contributed by atoms with Crippen LogP contribution in [0.4, 0.5) is 0 Å². The number of benzene rings is 1. The maximum Gasteiger partial charge on any atom is 0.219 e. The standard InChI is InChI=1S/C13H14N2OS/c14-12(7-13(15)16)10-3-1-9(2-4-10)11-5-6-17-8-11/h1-6,8,12H,7,14H2,(H2,15,16). The highest BCUT2D eigenvalue weighted by atomic mass is 32.1. The number of primary amides is 1. The minimum Gasteiger partial charge on any atom is -0.370 e. The molecule has 1 aromatic carbocycles. The molecule has 1 atom stereocenters. The Bertz CT molecular complexity index is 491. The van der Waals surface area contributed by atoms with Crippen LogP contribution in [0.3, 0.4) is 0 Å². The molecule has 2 aromatic rings. The fraction of sp³-hybridized carbons (Fsp3) is 0.154. The third-order valence-corrected chi connectivity index (χ3v) is 3.30. The molecular formula is C13H14N2OS. The molecule has 0 bridgehead atoms. The van der Waals surface area contributed by atoms with Crippen LogP contribution >= 0.6 is 11.3 Å². The molecular weight excluding hydrogens is 232 g/mol. The molecule has 0 aliphatic carbocycles. The van der Waals surface area contributed by atoms with Crippen LogP contribution in [0.2, 0.25) is 0 Å². The first kappa shape index (κ1) is 11.8. The van der Waals surface area contributed by atoms with E-state index in [1.807, 2.05) is 29.6 Å². The van der Waals surface area contributed by atoms with E-state index in [-0.39, 0.29) is 18.4 Å². The van der Waals surface area contributed by atoms with Gasteiger partial charge < -0.3 is 11.5 Å². The molecule has 88 valence electrons. The highest BCUT2D eigenvalue weighted by Crippen LogP contribution is 2.24. The SMILES string of the molecule is NC(=O)CC(N)c1ccc(-c2ccsc2)cc1. The molecule has 0 saturated heterocycles. The molecule has 1 aromatic heterocycles. The second kappa shape index (κ2) is 5.12. The normalized spacial score (nSPS) is 12.3. The van der Waals surface area contributed by atoms with E-state index in [9.17, 15) is 4.79 Å². The molecule has 1 heterocycles. The molecule has 0 radical (unpaired) electrons. The summed E-state index contributed by atoms with van der Waals surface area (Å²) in [6.07, 6.45) is 0.178. The second-order valence-electron chi connectivity index (χ2n) is 3.91. The number of carbonyl (C=O) groups excluding carboxylic acids is 1. The summed E-state index contributed by atoms with van der Waals surface area (Å²) in [5.74, 6) is -0.376. The third kappa shape index (κ3) is 2.93. The summed E-state index contributed by atoms with van der Waals surface area (Å²) in [5.41, 5.74) is 14.3. The van der Waals surface area contributed by atoms with Crippen LogP contribution in [-0.4, -0.2) is 5.91 Å². The van der Waals surface area contributed by atoms with Gasteiger partial charge in [0.25, 0.3) is 0 Å². The number of hydrogen-bond donors (Lipinski definition) is 2. The molecule has 17 heavy (non-hydrogen) atoms. The van der Waals surface area contributed by atoms with Crippen molar-refractivity contribution >= 4 is 17.2 Å². The second-order valence-corrected chi connectivity index (χ2v) is 4.69. The molecule has 1 amide bonds. The molecule has 4 heteroatoms. The summed E-state index contributed by atoms with van der Waals surface area (Å²) in [6.45, 7) is 0. The van der Waals surface area contributed by atoms with Crippen LogP contribution in [0.15, 0.2) is 41.1 Å². The summed E-state index contributed by atoms with van der Waals surface area (Å²) in [5, 5.41) is 4.14. The summed E-state index contributed by atoms with van der Waals surface area (Å²) in [4.78, 5) is 10.8. The average molecular weight is 246 g/mol. The van der Waals surface area contributed by atoms with Crippen LogP contribution in [0.5, 0.6) is 0 Å². The Morgan fingerprint density at radius 2 is 1.88 bits per heavy atom. The van der Waals surface area contributed by atoms with Gasteiger partial charge in [0.2, 0.25) is 5.91 Å². The Morgan fingerprint density at radius 3 is 2.41 bits per heavy atom.